The molecule has 32 heavy (non-hydrogen) atoms. The van der Waals surface area contributed by atoms with E-state index >= 15 is 0 Å². The first-order chi connectivity index (χ1) is 15.4. The second-order valence-electron chi connectivity index (χ2n) is 7.48. The molecule has 0 heterocycles. The Balaban J connectivity index is 1.69. The molecule has 0 spiro atoms. The predicted octanol–water partition coefficient (Wildman–Crippen LogP) is 4.06. The van der Waals surface area contributed by atoms with Crippen molar-refractivity contribution in [1.82, 2.24) is 5.32 Å². The Morgan fingerprint density at radius 3 is 2.56 bits per heavy atom. The Bertz CT molecular complexity index is 1030. The molecular weight excluding hydrogens is 437 g/mol. The van der Waals surface area contributed by atoms with Crippen LogP contribution in [0, 0.1) is 11.7 Å². The van der Waals surface area contributed by atoms with Crippen LogP contribution < -0.4 is 14.8 Å². The van der Waals surface area contributed by atoms with Crippen molar-refractivity contribution in [3.8, 4) is 11.5 Å². The van der Waals surface area contributed by atoms with E-state index in [0.29, 0.717) is 29.0 Å². The van der Waals surface area contributed by atoms with E-state index in [4.69, 9.17) is 25.8 Å². The first kappa shape index (κ1) is 23.6. The van der Waals surface area contributed by atoms with Crippen LogP contribution in [0.25, 0.3) is 0 Å². The zero-order valence-corrected chi connectivity index (χ0v) is 18.8. The van der Waals surface area contributed by atoms with E-state index in [1.165, 1.54) is 25.3 Å². The number of allylic oxidation sites excluding steroid dienone is 1. The lowest BCUT2D eigenvalue weighted by molar-refractivity contribution is -0.143. The highest BCUT2D eigenvalue weighted by molar-refractivity contribution is 6.31. The summed E-state index contributed by atoms with van der Waals surface area (Å²) >= 11 is 6.20. The summed E-state index contributed by atoms with van der Waals surface area (Å²) in [5.74, 6) is -0.888. The lowest BCUT2D eigenvalue weighted by atomic mass is 9.85. The summed E-state index contributed by atoms with van der Waals surface area (Å²) in [4.78, 5) is 25.2. The highest BCUT2D eigenvalue weighted by Gasteiger charge is 2.35. The maximum atomic E-state index is 13.5. The van der Waals surface area contributed by atoms with Gasteiger partial charge in [-0.15, -0.1) is 0 Å². The zero-order chi connectivity index (χ0) is 23.3. The Kier molecular flexibility index (Phi) is 7.75. The maximum absolute atomic E-state index is 13.5. The molecule has 0 radical (unpaired) electrons. The fourth-order valence-electron chi connectivity index (χ4n) is 3.95. The summed E-state index contributed by atoms with van der Waals surface area (Å²) in [6.07, 6.45) is 4.30. The largest absolute Gasteiger partial charge is 0.497 e. The van der Waals surface area contributed by atoms with E-state index in [1.54, 1.807) is 32.4 Å². The number of benzene rings is 2. The van der Waals surface area contributed by atoms with Crippen molar-refractivity contribution >= 4 is 23.5 Å². The smallest absolute Gasteiger partial charge is 0.313 e. The minimum absolute atomic E-state index is 0.111. The van der Waals surface area contributed by atoms with Crippen LogP contribution in [0.1, 0.15) is 23.5 Å². The predicted molar refractivity (Wildman–Crippen MR) is 119 cm³/mol. The van der Waals surface area contributed by atoms with Crippen LogP contribution in [-0.4, -0.2) is 39.2 Å². The van der Waals surface area contributed by atoms with Crippen LogP contribution in [0.2, 0.25) is 5.02 Å². The number of amides is 1. The summed E-state index contributed by atoms with van der Waals surface area (Å²) in [6, 6.07) is 8.93. The van der Waals surface area contributed by atoms with Gasteiger partial charge in [-0.05, 0) is 48.2 Å². The highest BCUT2D eigenvalue weighted by atomic mass is 35.5. The molecule has 1 N–H and O–H groups in total. The van der Waals surface area contributed by atoms with Gasteiger partial charge < -0.3 is 19.5 Å². The molecule has 1 aliphatic carbocycles. The number of carbonyl (C=O) groups excluding carboxylic acids is 2. The molecule has 2 aromatic rings. The third-order valence-electron chi connectivity index (χ3n) is 5.48. The Hall–Kier alpha value is -3.06. The van der Waals surface area contributed by atoms with E-state index in [1.807, 2.05) is 12.2 Å². The summed E-state index contributed by atoms with van der Waals surface area (Å²) in [5, 5.41) is 3.12. The number of hydrogen-bond donors (Lipinski definition) is 1. The molecule has 0 aliphatic heterocycles. The van der Waals surface area contributed by atoms with Gasteiger partial charge >= 0.3 is 5.97 Å². The second kappa shape index (κ2) is 10.5. The van der Waals surface area contributed by atoms with Gasteiger partial charge in [0.05, 0.1) is 33.7 Å². The van der Waals surface area contributed by atoms with E-state index in [-0.39, 0.29) is 29.3 Å². The van der Waals surface area contributed by atoms with Crippen molar-refractivity contribution in [1.29, 1.82) is 0 Å². The number of nitrogens with one attached hydrogen (secondary N) is 1. The number of hydrogen-bond acceptors (Lipinski definition) is 5. The van der Waals surface area contributed by atoms with Crippen molar-refractivity contribution in [3.05, 3.63) is 70.5 Å². The van der Waals surface area contributed by atoms with Gasteiger partial charge in [-0.1, -0.05) is 29.8 Å². The number of methoxy groups -OCH3 is 3. The minimum atomic E-state index is -0.704. The highest BCUT2D eigenvalue weighted by Crippen LogP contribution is 2.37. The van der Waals surface area contributed by atoms with E-state index in [0.717, 1.165) is 0 Å². The lowest BCUT2D eigenvalue weighted by Crippen LogP contribution is -2.34. The minimum Gasteiger partial charge on any atom is -0.497 e. The second-order valence-corrected chi connectivity index (χ2v) is 7.89. The fourth-order valence-corrected chi connectivity index (χ4v) is 4.23. The molecule has 0 saturated heterocycles. The molecule has 3 atom stereocenters. The van der Waals surface area contributed by atoms with Crippen molar-refractivity contribution < 1.29 is 28.2 Å². The van der Waals surface area contributed by atoms with Crippen LogP contribution in [0.15, 0.2) is 48.6 Å². The van der Waals surface area contributed by atoms with Crippen LogP contribution in [0.3, 0.4) is 0 Å². The average Bonchev–Trinajstić information content (AvgIpc) is 3.22. The molecule has 1 aliphatic rings. The summed E-state index contributed by atoms with van der Waals surface area (Å²) in [6.45, 7) is 0. The molecule has 0 saturated carbocycles. The topological polar surface area (TPSA) is 73.9 Å². The van der Waals surface area contributed by atoms with Crippen LogP contribution in [0.5, 0.6) is 11.5 Å². The van der Waals surface area contributed by atoms with Gasteiger partial charge in [-0.3, -0.25) is 9.59 Å². The standard InChI is InChI=1S/C24H25ClFNO5/c1-30-18-7-9-21(31-2)15(11-18)12-22(28)27-17-6-4-14(10-17)23(24(29)32-3)19-8-5-16(26)13-20(19)25/h4-9,11,13-14,17,23H,10,12H2,1-3H3,(H,27,28)/t14-,17+,23+/m1/s1. The lowest BCUT2D eigenvalue weighted by Gasteiger charge is -2.23. The third-order valence-corrected chi connectivity index (χ3v) is 5.81. The molecule has 6 nitrogen and oxygen atoms in total. The van der Waals surface area contributed by atoms with Crippen molar-refractivity contribution in [2.45, 2.75) is 24.8 Å². The number of ether oxygens (including phenoxy) is 3. The van der Waals surface area contributed by atoms with E-state index in [9.17, 15) is 14.0 Å². The monoisotopic (exact) mass is 461 g/mol. The van der Waals surface area contributed by atoms with Crippen molar-refractivity contribution in [2.75, 3.05) is 21.3 Å². The van der Waals surface area contributed by atoms with Gasteiger partial charge in [0.1, 0.15) is 17.3 Å². The van der Waals surface area contributed by atoms with E-state index in [2.05, 4.69) is 5.32 Å². The van der Waals surface area contributed by atoms with Gasteiger partial charge in [0.2, 0.25) is 5.91 Å². The number of esters is 1. The average molecular weight is 462 g/mol. The van der Waals surface area contributed by atoms with Crippen LogP contribution in [0.4, 0.5) is 4.39 Å². The molecule has 3 rings (SSSR count). The molecular formula is C24H25ClFNO5. The van der Waals surface area contributed by atoms with Crippen molar-refractivity contribution in [3.63, 3.8) is 0 Å². The molecule has 1 amide bonds. The third kappa shape index (κ3) is 5.40. The van der Waals surface area contributed by atoms with Gasteiger partial charge in [-0.25, -0.2) is 4.39 Å². The quantitative estimate of drug-likeness (QED) is 0.474. The summed E-state index contributed by atoms with van der Waals surface area (Å²) in [5.41, 5.74) is 1.19. The summed E-state index contributed by atoms with van der Waals surface area (Å²) in [7, 11) is 4.40. The molecule has 0 bridgehead atoms. The maximum Gasteiger partial charge on any atom is 0.313 e. The van der Waals surface area contributed by atoms with Gasteiger partial charge in [0.25, 0.3) is 0 Å². The van der Waals surface area contributed by atoms with Crippen LogP contribution in [-0.2, 0) is 20.7 Å². The number of carbonyl (C=O) groups is 2. The Morgan fingerprint density at radius 2 is 1.91 bits per heavy atom. The Labute approximate surface area is 191 Å². The summed E-state index contributed by atoms with van der Waals surface area (Å²) < 4.78 is 29.0. The van der Waals surface area contributed by atoms with Gasteiger partial charge in [0.15, 0.2) is 0 Å². The molecule has 2 aromatic carbocycles. The van der Waals surface area contributed by atoms with Gasteiger partial charge in [-0.2, -0.15) is 0 Å². The van der Waals surface area contributed by atoms with Crippen molar-refractivity contribution in [2.24, 2.45) is 5.92 Å². The number of rotatable bonds is 8. The number of halogens is 2. The Morgan fingerprint density at radius 1 is 1.12 bits per heavy atom. The van der Waals surface area contributed by atoms with Gasteiger partial charge in [0, 0.05) is 16.6 Å². The molecule has 0 aromatic heterocycles. The SMILES string of the molecule is COC(=O)[C@H](c1ccc(F)cc1Cl)[C@@H]1C=C[C@H](NC(=O)Cc2cc(OC)ccc2OC)C1. The normalized spacial score (nSPS) is 18.2. The fraction of sp³-hybridized carbons (Fsp3) is 0.333. The zero-order valence-electron chi connectivity index (χ0n) is 18.1. The van der Waals surface area contributed by atoms with E-state index < -0.39 is 17.7 Å². The molecule has 0 fully saturated rings. The molecule has 0 unspecified atom stereocenters. The van der Waals surface area contributed by atoms with Crippen LogP contribution >= 0.6 is 11.6 Å². The molecule has 170 valence electrons. The molecule has 8 heteroatoms. The first-order valence-corrected chi connectivity index (χ1v) is 10.5. The first-order valence-electron chi connectivity index (χ1n) is 10.1.